The van der Waals surface area contributed by atoms with E-state index in [9.17, 15) is 8.42 Å². The predicted molar refractivity (Wildman–Crippen MR) is 129 cm³/mol. The van der Waals surface area contributed by atoms with E-state index < -0.39 is 10.0 Å². The summed E-state index contributed by atoms with van der Waals surface area (Å²) in [7, 11) is 1.71. The van der Waals surface area contributed by atoms with E-state index in [1.165, 1.54) is 31.2 Å². The Bertz CT molecular complexity index is 703. The molecule has 0 aliphatic carbocycles. The van der Waals surface area contributed by atoms with E-state index in [4.69, 9.17) is 0 Å². The number of unbranched alkanes of at least 4 members (excludes halogenated alkanes) is 3. The quantitative estimate of drug-likeness (QED) is 0.158. The minimum absolute atomic E-state index is 0. The predicted octanol–water partition coefficient (Wildman–Crippen LogP) is 3.70. The topological polar surface area (TPSA) is 65.0 Å². The summed E-state index contributed by atoms with van der Waals surface area (Å²) in [6, 6.07) is 6.91. The molecule has 1 aromatic rings. The van der Waals surface area contributed by atoms with Gasteiger partial charge in [-0.15, -0.1) is 30.6 Å². The van der Waals surface area contributed by atoms with Crippen LogP contribution in [0.15, 0.2) is 46.8 Å². The molecule has 0 atom stereocenters. The van der Waals surface area contributed by atoms with Crippen LogP contribution in [0.1, 0.15) is 38.2 Å². The van der Waals surface area contributed by atoms with Gasteiger partial charge in [0.05, 0.1) is 11.4 Å². The van der Waals surface area contributed by atoms with Crippen molar-refractivity contribution in [1.82, 2.24) is 14.5 Å². The second-order valence-electron chi connectivity index (χ2n) is 6.66. The molecule has 0 aromatic heterocycles. The molecule has 6 nitrogen and oxygen atoms in total. The fraction of sp³-hybridized carbons (Fsp3) is 0.550. The summed E-state index contributed by atoms with van der Waals surface area (Å²) in [6.45, 7) is 8.06. The second kappa shape index (κ2) is 13.9. The molecule has 0 aliphatic heterocycles. The molecular formula is C20H35IN4O2S. The number of hydrogen-bond donors (Lipinski definition) is 1. The highest BCUT2D eigenvalue weighted by atomic mass is 127. The Morgan fingerprint density at radius 3 is 2.32 bits per heavy atom. The Balaban J connectivity index is 0.00000729. The number of rotatable bonds is 11. The molecule has 0 saturated heterocycles. The molecule has 1 aromatic carbocycles. The zero-order chi connectivity index (χ0) is 20.3. The van der Waals surface area contributed by atoms with Crippen molar-refractivity contribution in [2.45, 2.75) is 44.0 Å². The Labute approximate surface area is 188 Å². The van der Waals surface area contributed by atoms with Crippen LogP contribution in [0.2, 0.25) is 0 Å². The third-order valence-corrected chi connectivity index (χ3v) is 6.04. The maximum Gasteiger partial charge on any atom is 0.242 e. The molecule has 1 N–H and O–H groups in total. The van der Waals surface area contributed by atoms with Gasteiger partial charge in [-0.25, -0.2) is 17.7 Å². The van der Waals surface area contributed by atoms with E-state index in [2.05, 4.69) is 21.8 Å². The van der Waals surface area contributed by atoms with Crippen molar-refractivity contribution in [2.75, 3.05) is 34.2 Å². The third kappa shape index (κ3) is 8.91. The minimum atomic E-state index is -3.39. The molecule has 1 rings (SSSR count). The summed E-state index contributed by atoms with van der Waals surface area (Å²) in [4.78, 5) is 7.12. The summed E-state index contributed by atoms with van der Waals surface area (Å²) in [5, 5.41) is 3.31. The SMILES string of the molecule is C=CCCCCCN(C)C(=NCc1ccc(S(=O)(=O)N(C)C)cc1)NCC.I. The van der Waals surface area contributed by atoms with E-state index >= 15 is 0 Å². The molecule has 0 unspecified atom stereocenters. The lowest BCUT2D eigenvalue weighted by molar-refractivity contribution is 0.455. The number of halogens is 1. The van der Waals surface area contributed by atoms with Crippen LogP contribution in [0.25, 0.3) is 0 Å². The molecule has 160 valence electrons. The fourth-order valence-corrected chi connectivity index (χ4v) is 3.44. The average Bonchev–Trinajstić information content (AvgIpc) is 2.65. The van der Waals surface area contributed by atoms with Gasteiger partial charge in [0.2, 0.25) is 10.0 Å². The molecule has 0 bridgehead atoms. The summed E-state index contributed by atoms with van der Waals surface area (Å²) < 4.78 is 25.5. The summed E-state index contributed by atoms with van der Waals surface area (Å²) >= 11 is 0. The fourth-order valence-electron chi connectivity index (χ4n) is 2.53. The van der Waals surface area contributed by atoms with Gasteiger partial charge in [-0.1, -0.05) is 24.6 Å². The van der Waals surface area contributed by atoms with Crippen molar-refractivity contribution < 1.29 is 8.42 Å². The van der Waals surface area contributed by atoms with Crippen molar-refractivity contribution >= 4 is 40.0 Å². The Kier molecular flexibility index (Phi) is 13.4. The van der Waals surface area contributed by atoms with E-state index in [1.807, 2.05) is 32.2 Å². The van der Waals surface area contributed by atoms with Gasteiger partial charge in [0, 0.05) is 34.2 Å². The molecule has 0 amide bonds. The van der Waals surface area contributed by atoms with Crippen LogP contribution in [0.3, 0.4) is 0 Å². The Hall–Kier alpha value is -1.13. The molecule has 0 radical (unpaired) electrons. The van der Waals surface area contributed by atoms with Gasteiger partial charge in [-0.2, -0.15) is 0 Å². The first-order valence-electron chi connectivity index (χ1n) is 9.44. The number of nitrogens with zero attached hydrogens (tertiary/aromatic N) is 3. The maximum atomic E-state index is 12.1. The van der Waals surface area contributed by atoms with E-state index in [1.54, 1.807) is 12.1 Å². The number of benzene rings is 1. The standard InChI is InChI=1S/C20H34N4O2S.HI/c1-6-8-9-10-11-16-24(5)20(21-7-2)22-17-18-12-14-19(15-13-18)27(25,26)23(3)4;/h6,12-15H,1,7-11,16-17H2,2-5H3,(H,21,22);1H. The van der Waals surface area contributed by atoms with Crippen molar-refractivity contribution in [3.63, 3.8) is 0 Å². The van der Waals surface area contributed by atoms with Gasteiger partial charge >= 0.3 is 0 Å². The van der Waals surface area contributed by atoms with Crippen molar-refractivity contribution in [3.8, 4) is 0 Å². The Morgan fingerprint density at radius 1 is 1.14 bits per heavy atom. The van der Waals surface area contributed by atoms with Crippen molar-refractivity contribution in [3.05, 3.63) is 42.5 Å². The number of hydrogen-bond acceptors (Lipinski definition) is 3. The summed E-state index contributed by atoms with van der Waals surface area (Å²) in [6.07, 6.45) is 6.50. The van der Waals surface area contributed by atoms with Crippen LogP contribution >= 0.6 is 24.0 Å². The highest BCUT2D eigenvalue weighted by molar-refractivity contribution is 14.0. The summed E-state index contributed by atoms with van der Waals surface area (Å²) in [5.74, 6) is 0.867. The zero-order valence-corrected chi connectivity index (χ0v) is 20.7. The lowest BCUT2D eigenvalue weighted by Gasteiger charge is -2.22. The number of nitrogens with one attached hydrogen (secondary N) is 1. The van der Waals surface area contributed by atoms with Crippen molar-refractivity contribution in [2.24, 2.45) is 4.99 Å². The molecule has 28 heavy (non-hydrogen) atoms. The van der Waals surface area contributed by atoms with E-state index in [-0.39, 0.29) is 24.0 Å². The lowest BCUT2D eigenvalue weighted by atomic mass is 10.2. The van der Waals surface area contributed by atoms with Gasteiger partial charge in [0.25, 0.3) is 0 Å². The average molecular weight is 522 g/mol. The second-order valence-corrected chi connectivity index (χ2v) is 8.81. The maximum absolute atomic E-state index is 12.1. The van der Waals surface area contributed by atoms with Crippen LogP contribution < -0.4 is 5.32 Å². The Morgan fingerprint density at radius 2 is 1.79 bits per heavy atom. The van der Waals surface area contributed by atoms with Crippen LogP contribution in [-0.2, 0) is 16.6 Å². The van der Waals surface area contributed by atoms with Gasteiger partial charge < -0.3 is 10.2 Å². The zero-order valence-electron chi connectivity index (χ0n) is 17.5. The van der Waals surface area contributed by atoms with Crippen molar-refractivity contribution in [1.29, 1.82) is 0 Å². The van der Waals surface area contributed by atoms with Crippen LogP contribution in [0, 0.1) is 0 Å². The van der Waals surface area contributed by atoms with E-state index in [0.29, 0.717) is 11.4 Å². The molecule has 0 spiro atoms. The van der Waals surface area contributed by atoms with Gasteiger partial charge in [-0.05, 0) is 43.9 Å². The molecule has 0 fully saturated rings. The van der Waals surface area contributed by atoms with Gasteiger partial charge in [-0.3, -0.25) is 0 Å². The van der Waals surface area contributed by atoms with Crippen LogP contribution in [-0.4, -0.2) is 57.8 Å². The highest BCUT2D eigenvalue weighted by Crippen LogP contribution is 2.14. The largest absolute Gasteiger partial charge is 0.357 e. The summed E-state index contributed by atoms with van der Waals surface area (Å²) in [5.41, 5.74) is 0.975. The van der Waals surface area contributed by atoms with Gasteiger partial charge in [0.1, 0.15) is 0 Å². The number of allylic oxidation sites excluding steroid dienone is 1. The third-order valence-electron chi connectivity index (χ3n) is 4.21. The number of guanidine groups is 1. The molecule has 8 heteroatoms. The number of aliphatic imine (C=N–C) groups is 1. The normalized spacial score (nSPS) is 11.8. The number of sulfonamides is 1. The molecular weight excluding hydrogens is 487 g/mol. The smallest absolute Gasteiger partial charge is 0.242 e. The first-order chi connectivity index (χ1) is 12.8. The lowest BCUT2D eigenvalue weighted by Crippen LogP contribution is -2.39. The van der Waals surface area contributed by atoms with Crippen LogP contribution in [0.5, 0.6) is 0 Å². The minimum Gasteiger partial charge on any atom is -0.357 e. The molecule has 0 heterocycles. The molecule has 0 aliphatic rings. The van der Waals surface area contributed by atoms with Crippen LogP contribution in [0.4, 0.5) is 0 Å². The highest BCUT2D eigenvalue weighted by Gasteiger charge is 2.16. The molecule has 0 saturated carbocycles. The van der Waals surface area contributed by atoms with Gasteiger partial charge in [0.15, 0.2) is 5.96 Å². The first-order valence-corrected chi connectivity index (χ1v) is 10.9. The monoisotopic (exact) mass is 522 g/mol. The van der Waals surface area contributed by atoms with E-state index in [0.717, 1.165) is 37.5 Å². The first kappa shape index (κ1) is 26.9.